The normalized spacial score (nSPS) is 12.2. The van der Waals surface area contributed by atoms with Crippen molar-refractivity contribution in [2.45, 2.75) is 18.9 Å². The molecule has 0 aliphatic rings. The van der Waals surface area contributed by atoms with E-state index < -0.39 is 22.2 Å². The Morgan fingerprint density at radius 3 is 2.08 bits per heavy atom. The third kappa shape index (κ3) is 8.89. The third-order valence-corrected chi connectivity index (χ3v) is 5.88. The Labute approximate surface area is 217 Å². The van der Waals surface area contributed by atoms with Gasteiger partial charge in [0.15, 0.2) is 6.10 Å². The Bertz CT molecular complexity index is 1330. The average Bonchev–Trinajstić information content (AvgIpc) is 2.88. The van der Waals surface area contributed by atoms with Gasteiger partial charge in [0.1, 0.15) is 5.75 Å². The smallest absolute Gasteiger partial charge is 0.335 e. The molecule has 194 valence electrons. The lowest BCUT2D eigenvalue weighted by Gasteiger charge is -2.13. The number of amides is 1. The molecule has 0 radical (unpaired) electrons. The molecule has 9 heteroatoms. The Morgan fingerprint density at radius 1 is 0.892 bits per heavy atom. The number of benzene rings is 3. The van der Waals surface area contributed by atoms with Crippen molar-refractivity contribution < 1.29 is 31.7 Å². The highest BCUT2D eigenvalue weighted by atomic mass is 32.2. The predicted molar refractivity (Wildman–Crippen MR) is 142 cm³/mol. The van der Waals surface area contributed by atoms with Crippen LogP contribution in [0.15, 0.2) is 78.9 Å². The molecule has 3 aromatic carbocycles. The van der Waals surface area contributed by atoms with Crippen LogP contribution in [0.25, 0.3) is 6.08 Å². The van der Waals surface area contributed by atoms with Crippen molar-refractivity contribution in [3.05, 3.63) is 101 Å². The summed E-state index contributed by atoms with van der Waals surface area (Å²) in [6.07, 6.45) is 5.29. The summed E-state index contributed by atoms with van der Waals surface area (Å²) in [5.41, 5.74) is 3.99. The highest BCUT2D eigenvalue weighted by Crippen LogP contribution is 2.17. The van der Waals surface area contributed by atoms with Gasteiger partial charge in [0.05, 0.1) is 13.4 Å². The number of allylic oxidation sites excluding steroid dienone is 1. The first-order chi connectivity index (χ1) is 17.7. The SMILES string of the molecule is COC(=O)C(Cc1ccc(C(=O)Nc2ccc(/C=C/Cc3ccc(OS(C)(=O)=O)cc3)cc2)cc1)OC. The lowest BCUT2D eigenvalue weighted by molar-refractivity contribution is -0.152. The number of rotatable bonds is 11. The van der Waals surface area contributed by atoms with Gasteiger partial charge >= 0.3 is 16.1 Å². The summed E-state index contributed by atoms with van der Waals surface area (Å²) >= 11 is 0. The first-order valence-corrected chi connectivity index (χ1v) is 13.2. The molecule has 0 spiro atoms. The second-order valence-corrected chi connectivity index (χ2v) is 9.84. The van der Waals surface area contributed by atoms with Crippen LogP contribution in [0, 0.1) is 0 Å². The summed E-state index contributed by atoms with van der Waals surface area (Å²) in [5.74, 6) is -0.408. The molecule has 0 aliphatic carbocycles. The molecular weight excluding hydrogens is 494 g/mol. The molecule has 0 fully saturated rings. The maximum absolute atomic E-state index is 12.6. The van der Waals surface area contributed by atoms with Gasteiger partial charge in [-0.2, -0.15) is 8.42 Å². The van der Waals surface area contributed by atoms with Gasteiger partial charge < -0.3 is 19.0 Å². The summed E-state index contributed by atoms with van der Waals surface area (Å²) in [4.78, 5) is 24.3. The Morgan fingerprint density at radius 2 is 1.51 bits per heavy atom. The van der Waals surface area contributed by atoms with E-state index in [1.54, 1.807) is 36.4 Å². The van der Waals surface area contributed by atoms with Gasteiger partial charge in [-0.25, -0.2) is 4.79 Å². The standard InChI is InChI=1S/C28H29NO7S/c1-34-26(28(31)35-2)19-22-7-13-23(14-8-22)27(30)29-24-15-9-20(10-16-24)5-4-6-21-11-17-25(18-12-21)36-37(3,32)33/h4-5,7-18,26H,6,19H2,1-3H3,(H,29,30)/b5-4+. The predicted octanol–water partition coefficient (Wildman–Crippen LogP) is 4.26. The fraction of sp³-hybridized carbons (Fsp3) is 0.214. The summed E-state index contributed by atoms with van der Waals surface area (Å²) in [6.45, 7) is 0. The maximum atomic E-state index is 12.6. The molecule has 0 aliphatic heterocycles. The Hall–Kier alpha value is -3.95. The molecule has 0 saturated carbocycles. The molecule has 8 nitrogen and oxygen atoms in total. The lowest BCUT2D eigenvalue weighted by atomic mass is 10.1. The van der Waals surface area contributed by atoms with Crippen molar-refractivity contribution in [3.8, 4) is 5.75 Å². The average molecular weight is 524 g/mol. The molecule has 0 bridgehead atoms. The summed E-state index contributed by atoms with van der Waals surface area (Å²) in [7, 11) is -0.778. The largest absolute Gasteiger partial charge is 0.467 e. The van der Waals surface area contributed by atoms with E-state index in [1.807, 2.05) is 48.6 Å². The first kappa shape index (κ1) is 27.6. The molecule has 0 aromatic heterocycles. The molecule has 3 rings (SSSR count). The van der Waals surface area contributed by atoms with Gasteiger partial charge in [-0.3, -0.25) is 4.79 Å². The number of carbonyl (C=O) groups excluding carboxylic acids is 2. The van der Waals surface area contributed by atoms with Crippen LogP contribution >= 0.6 is 0 Å². The van der Waals surface area contributed by atoms with E-state index in [1.165, 1.54) is 14.2 Å². The van der Waals surface area contributed by atoms with Gasteiger partial charge in [-0.15, -0.1) is 0 Å². The second-order valence-electron chi connectivity index (χ2n) is 8.26. The van der Waals surface area contributed by atoms with E-state index in [0.717, 1.165) is 22.9 Å². The zero-order valence-electron chi connectivity index (χ0n) is 20.8. The van der Waals surface area contributed by atoms with Crippen molar-refractivity contribution in [3.63, 3.8) is 0 Å². The van der Waals surface area contributed by atoms with Crippen LogP contribution in [0.5, 0.6) is 5.75 Å². The van der Waals surface area contributed by atoms with Crippen molar-refractivity contribution in [2.24, 2.45) is 0 Å². The summed E-state index contributed by atoms with van der Waals surface area (Å²) in [6, 6.07) is 21.3. The molecule has 1 N–H and O–H groups in total. The van der Waals surface area contributed by atoms with Crippen molar-refractivity contribution in [1.82, 2.24) is 0 Å². The van der Waals surface area contributed by atoms with E-state index in [2.05, 4.69) is 5.32 Å². The Kier molecular flexibility index (Phi) is 9.59. The van der Waals surface area contributed by atoms with E-state index in [4.69, 9.17) is 13.7 Å². The quantitative estimate of drug-likeness (QED) is 0.295. The van der Waals surface area contributed by atoms with E-state index in [9.17, 15) is 18.0 Å². The van der Waals surface area contributed by atoms with Crippen LogP contribution in [0.4, 0.5) is 5.69 Å². The van der Waals surface area contributed by atoms with Crippen molar-refractivity contribution in [2.75, 3.05) is 25.8 Å². The number of carbonyl (C=O) groups is 2. The summed E-state index contributed by atoms with van der Waals surface area (Å²) in [5, 5.41) is 2.87. The molecule has 1 atom stereocenters. The molecule has 0 saturated heterocycles. The van der Waals surface area contributed by atoms with Gasteiger partial charge in [-0.1, -0.05) is 48.6 Å². The number of methoxy groups -OCH3 is 2. The Balaban J connectivity index is 1.52. The zero-order chi connectivity index (χ0) is 26.8. The van der Waals surface area contributed by atoms with Crippen LogP contribution in [0.3, 0.4) is 0 Å². The highest BCUT2D eigenvalue weighted by molar-refractivity contribution is 7.86. The number of esters is 1. The van der Waals surface area contributed by atoms with Crippen LogP contribution in [-0.2, 0) is 37.2 Å². The molecule has 1 unspecified atom stereocenters. The molecule has 3 aromatic rings. The van der Waals surface area contributed by atoms with Gasteiger partial charge in [0.2, 0.25) is 0 Å². The number of hydrogen-bond acceptors (Lipinski definition) is 7. The molecule has 1 amide bonds. The van der Waals surface area contributed by atoms with Crippen LogP contribution in [0.1, 0.15) is 27.0 Å². The fourth-order valence-corrected chi connectivity index (χ4v) is 3.93. The van der Waals surface area contributed by atoms with Crippen LogP contribution in [0.2, 0.25) is 0 Å². The zero-order valence-corrected chi connectivity index (χ0v) is 21.7. The van der Waals surface area contributed by atoms with E-state index in [-0.39, 0.29) is 11.7 Å². The molecule has 0 heterocycles. The van der Waals surface area contributed by atoms with Gasteiger partial charge in [-0.05, 0) is 59.5 Å². The van der Waals surface area contributed by atoms with E-state index in [0.29, 0.717) is 24.1 Å². The fourth-order valence-electron chi connectivity index (χ4n) is 3.47. The van der Waals surface area contributed by atoms with Gasteiger partial charge in [0.25, 0.3) is 5.91 Å². The van der Waals surface area contributed by atoms with Gasteiger partial charge in [0, 0.05) is 24.8 Å². The molecule has 37 heavy (non-hydrogen) atoms. The van der Waals surface area contributed by atoms with E-state index >= 15 is 0 Å². The third-order valence-electron chi connectivity index (χ3n) is 5.39. The number of hydrogen-bond donors (Lipinski definition) is 1. The minimum absolute atomic E-state index is 0.241. The topological polar surface area (TPSA) is 108 Å². The first-order valence-electron chi connectivity index (χ1n) is 11.4. The number of ether oxygens (including phenoxy) is 2. The minimum atomic E-state index is -3.54. The van der Waals surface area contributed by atoms with Crippen molar-refractivity contribution >= 4 is 33.8 Å². The monoisotopic (exact) mass is 523 g/mol. The van der Waals surface area contributed by atoms with Crippen molar-refractivity contribution in [1.29, 1.82) is 0 Å². The number of nitrogens with one attached hydrogen (secondary N) is 1. The minimum Gasteiger partial charge on any atom is -0.467 e. The molecular formula is C28H29NO7S. The highest BCUT2D eigenvalue weighted by Gasteiger charge is 2.19. The van der Waals surface area contributed by atoms with Crippen LogP contribution in [-0.4, -0.2) is 46.9 Å². The van der Waals surface area contributed by atoms with Crippen LogP contribution < -0.4 is 9.50 Å². The number of anilines is 1. The second kappa shape index (κ2) is 12.8. The maximum Gasteiger partial charge on any atom is 0.335 e. The summed E-state index contributed by atoms with van der Waals surface area (Å²) < 4.78 is 37.1. The lowest BCUT2D eigenvalue weighted by Crippen LogP contribution is -2.26.